The molecule has 0 spiro atoms. The number of hydrazone groups is 1. The molecule has 0 aromatic carbocycles. The van der Waals surface area contributed by atoms with Crippen LogP contribution in [-0.4, -0.2) is 120 Å². The summed E-state index contributed by atoms with van der Waals surface area (Å²) in [5.41, 5.74) is 8.08. The zero-order valence-electron chi connectivity index (χ0n) is 36.0. The van der Waals surface area contributed by atoms with E-state index in [1.165, 1.54) is 83.1 Å². The molecule has 0 aliphatic rings. The van der Waals surface area contributed by atoms with E-state index in [9.17, 15) is 24.0 Å². The number of amides is 4. The lowest BCUT2D eigenvalue weighted by molar-refractivity contribution is -0.127. The van der Waals surface area contributed by atoms with Gasteiger partial charge < -0.3 is 51.2 Å². The number of hydrogen-bond acceptors (Lipinski definition) is 14. The van der Waals surface area contributed by atoms with Crippen LogP contribution >= 0.6 is 11.9 Å². The third-order valence-electron chi connectivity index (χ3n) is 9.12. The van der Waals surface area contributed by atoms with Gasteiger partial charge in [0, 0.05) is 44.6 Å². The quantitative estimate of drug-likeness (QED) is 0.0109. The van der Waals surface area contributed by atoms with E-state index in [0.29, 0.717) is 76.7 Å². The Balaban J connectivity index is 3.40. The summed E-state index contributed by atoms with van der Waals surface area (Å²) in [5.74, 6) is 11.2. The Kier molecular flexibility index (Phi) is 40.8. The number of rotatable bonds is 44. The molecule has 59 heavy (non-hydrogen) atoms. The fraction of sp³-hybridized carbons (Fsp3) is 0.850. The maximum Gasteiger partial charge on any atom is 0.246 e. The first-order valence-corrected chi connectivity index (χ1v) is 22.7. The Morgan fingerprint density at radius 2 is 1.00 bits per heavy atom. The number of hydrazine groups is 1. The summed E-state index contributed by atoms with van der Waals surface area (Å²) in [4.78, 5) is 59.1. The largest absolute Gasteiger partial charge is 0.386 e. The van der Waals surface area contributed by atoms with Gasteiger partial charge in [0.15, 0.2) is 0 Å². The van der Waals surface area contributed by atoms with Crippen molar-refractivity contribution in [2.75, 3.05) is 78.2 Å². The van der Waals surface area contributed by atoms with Gasteiger partial charge in [0.2, 0.25) is 23.6 Å². The molecule has 0 aliphatic carbocycles. The minimum atomic E-state index is -0.360. The van der Waals surface area contributed by atoms with Crippen LogP contribution in [-0.2, 0) is 42.9 Å². The van der Waals surface area contributed by atoms with Crippen LogP contribution in [0.1, 0.15) is 135 Å². The molecule has 0 aliphatic heterocycles. The molecule has 0 heterocycles. The highest BCUT2D eigenvalue weighted by molar-refractivity contribution is 7.97. The average molecular weight is 862 g/mol. The second kappa shape index (κ2) is 43.0. The Morgan fingerprint density at radius 3 is 1.51 bits per heavy atom. The number of unbranched alkanes of at least 4 members (excludes halogenated alkanes) is 13. The Labute approximate surface area is 357 Å². The standard InChI is InChI=1S/C40H79N9O9S/c1-34(50)35(47-42)18-15-16-22-44-39(53)32-57-29-28-56-26-24-46-40(54)33-58-30-27-55-25-23-45-37(51)21-17-31-59-49-38(52)20-14-12-10-8-6-4-2-3-5-7-9-11-13-19-36(41)48-43/h35,47H,2-33,42-43H2,1H3,(H2,41,48)(H,44,53)(H,45,51)(H,46,54)(H,49,52)/t35-/m0/s1. The Morgan fingerprint density at radius 1 is 0.542 bits per heavy atom. The predicted molar refractivity (Wildman–Crippen MR) is 233 cm³/mol. The monoisotopic (exact) mass is 862 g/mol. The van der Waals surface area contributed by atoms with Crippen LogP contribution in [0.3, 0.4) is 0 Å². The second-order valence-corrected chi connectivity index (χ2v) is 15.3. The molecular weight excluding hydrogens is 783 g/mol. The van der Waals surface area contributed by atoms with Crippen molar-refractivity contribution in [1.82, 2.24) is 26.1 Å². The summed E-state index contributed by atoms with van der Waals surface area (Å²) in [6.45, 7) is 4.17. The number of nitrogens with zero attached hydrogens (tertiary/aromatic N) is 1. The van der Waals surface area contributed by atoms with Crippen molar-refractivity contribution in [1.29, 1.82) is 0 Å². The molecular formula is C40H79N9O9S. The Hall–Kier alpha value is -3.07. The predicted octanol–water partition coefficient (Wildman–Crippen LogP) is 2.62. The topological polar surface area (TPSA) is 273 Å². The molecule has 344 valence electrons. The lowest BCUT2D eigenvalue weighted by Crippen LogP contribution is -2.40. The maximum atomic E-state index is 12.1. The van der Waals surface area contributed by atoms with E-state index in [4.69, 9.17) is 36.4 Å². The van der Waals surface area contributed by atoms with Crippen molar-refractivity contribution in [2.45, 2.75) is 141 Å². The van der Waals surface area contributed by atoms with E-state index in [0.717, 1.165) is 38.5 Å². The summed E-state index contributed by atoms with van der Waals surface area (Å²) in [6, 6.07) is -0.360. The summed E-state index contributed by atoms with van der Waals surface area (Å²) >= 11 is 1.36. The second-order valence-electron chi connectivity index (χ2n) is 14.4. The number of nitrogens with one attached hydrogen (secondary N) is 5. The van der Waals surface area contributed by atoms with Gasteiger partial charge >= 0.3 is 0 Å². The third-order valence-corrected chi connectivity index (χ3v) is 9.98. The molecule has 0 rings (SSSR count). The lowest BCUT2D eigenvalue weighted by atomic mass is 10.0. The first-order valence-electron chi connectivity index (χ1n) is 21.7. The molecule has 0 aromatic rings. The van der Waals surface area contributed by atoms with E-state index in [-0.39, 0.29) is 68.5 Å². The fourth-order valence-electron chi connectivity index (χ4n) is 5.68. The molecule has 1 atom stereocenters. The molecule has 19 heteroatoms. The molecule has 0 saturated heterocycles. The molecule has 0 saturated carbocycles. The van der Waals surface area contributed by atoms with Gasteiger partial charge in [0.25, 0.3) is 0 Å². The normalized spacial score (nSPS) is 11.9. The molecule has 18 nitrogen and oxygen atoms in total. The molecule has 0 radical (unpaired) electrons. The zero-order chi connectivity index (χ0) is 43.4. The molecule has 0 fully saturated rings. The van der Waals surface area contributed by atoms with E-state index in [1.54, 1.807) is 0 Å². The Bertz CT molecular complexity index is 1110. The van der Waals surface area contributed by atoms with Crippen LogP contribution in [0.5, 0.6) is 0 Å². The molecule has 0 unspecified atom stereocenters. The lowest BCUT2D eigenvalue weighted by Gasteiger charge is -2.12. The van der Waals surface area contributed by atoms with E-state index >= 15 is 0 Å². The summed E-state index contributed by atoms with van der Waals surface area (Å²) in [7, 11) is 0. The van der Waals surface area contributed by atoms with Gasteiger partial charge in [0.05, 0.1) is 45.7 Å². The van der Waals surface area contributed by atoms with Crippen molar-refractivity contribution in [2.24, 2.45) is 22.5 Å². The van der Waals surface area contributed by atoms with Crippen LogP contribution in [0.2, 0.25) is 0 Å². The number of hydrogen-bond donors (Lipinski definition) is 8. The minimum absolute atomic E-state index is 0.0122. The highest BCUT2D eigenvalue weighted by Gasteiger charge is 2.11. The fourth-order valence-corrected chi connectivity index (χ4v) is 6.33. The number of carbonyl (C=O) groups excluding carboxylic acids is 5. The van der Waals surface area contributed by atoms with E-state index in [1.807, 2.05) is 0 Å². The summed E-state index contributed by atoms with van der Waals surface area (Å²) in [6.07, 6.45) is 20.1. The van der Waals surface area contributed by atoms with Gasteiger partial charge in [-0.05, 0) is 45.4 Å². The van der Waals surface area contributed by atoms with Gasteiger partial charge in [-0.1, -0.05) is 82.6 Å². The highest BCUT2D eigenvalue weighted by atomic mass is 32.2. The molecule has 11 N–H and O–H groups in total. The van der Waals surface area contributed by atoms with Crippen LogP contribution in [0.25, 0.3) is 0 Å². The first kappa shape index (κ1) is 55.9. The highest BCUT2D eigenvalue weighted by Crippen LogP contribution is 2.14. The van der Waals surface area contributed by atoms with Crippen molar-refractivity contribution >= 4 is 47.2 Å². The SMILES string of the molecule is CC(=O)[C@H](CCCCNC(=O)COCCOCCNC(=O)COCCOCCNC(=O)CCCSNC(=O)CCCCCCCCCCCCCCC/C(N)=N/N)NN. The number of Topliss-reactive ketones (excluding diaryl/α,β-unsaturated/α-hetero) is 1. The number of amidine groups is 1. The molecule has 0 aromatic heterocycles. The van der Waals surface area contributed by atoms with Gasteiger partial charge in [-0.2, -0.15) is 5.10 Å². The van der Waals surface area contributed by atoms with Crippen molar-refractivity contribution in [3.8, 4) is 0 Å². The number of carbonyl (C=O) groups is 5. The maximum absolute atomic E-state index is 12.1. The van der Waals surface area contributed by atoms with Crippen molar-refractivity contribution in [3.05, 3.63) is 0 Å². The van der Waals surface area contributed by atoms with Crippen LogP contribution in [0.15, 0.2) is 5.10 Å². The van der Waals surface area contributed by atoms with Crippen LogP contribution in [0, 0.1) is 0 Å². The van der Waals surface area contributed by atoms with Crippen molar-refractivity contribution in [3.63, 3.8) is 0 Å². The zero-order valence-corrected chi connectivity index (χ0v) is 36.8. The van der Waals surface area contributed by atoms with Gasteiger partial charge in [-0.25, -0.2) is 5.43 Å². The number of nitrogens with two attached hydrogens (primary N) is 3. The number of ether oxygens (including phenoxy) is 4. The van der Waals surface area contributed by atoms with E-state index < -0.39 is 0 Å². The first-order chi connectivity index (χ1) is 28.7. The van der Waals surface area contributed by atoms with Crippen molar-refractivity contribution < 1.29 is 42.9 Å². The molecule has 0 bridgehead atoms. The number of ketones is 1. The van der Waals surface area contributed by atoms with Crippen LogP contribution in [0.4, 0.5) is 0 Å². The summed E-state index contributed by atoms with van der Waals surface area (Å²) in [5, 5.41) is 11.7. The minimum Gasteiger partial charge on any atom is -0.386 e. The smallest absolute Gasteiger partial charge is 0.246 e. The molecule has 4 amide bonds. The van der Waals surface area contributed by atoms with Crippen LogP contribution < -0.4 is 43.5 Å². The average Bonchev–Trinajstić information content (AvgIpc) is 3.22. The van der Waals surface area contributed by atoms with E-state index in [2.05, 4.69) is 31.2 Å². The third kappa shape index (κ3) is 41.5. The van der Waals surface area contributed by atoms with Gasteiger partial charge in [-0.15, -0.1) is 0 Å². The summed E-state index contributed by atoms with van der Waals surface area (Å²) < 4.78 is 24.3. The van der Waals surface area contributed by atoms with Gasteiger partial charge in [-0.3, -0.25) is 29.8 Å². The van der Waals surface area contributed by atoms with Gasteiger partial charge in [0.1, 0.15) is 24.8 Å².